The van der Waals surface area contributed by atoms with E-state index in [9.17, 15) is 4.79 Å². The van der Waals surface area contributed by atoms with Gasteiger partial charge in [-0.3, -0.25) is 9.79 Å². The van der Waals surface area contributed by atoms with E-state index < -0.39 is 0 Å². The van der Waals surface area contributed by atoms with E-state index in [1.807, 2.05) is 12.1 Å². The van der Waals surface area contributed by atoms with E-state index in [2.05, 4.69) is 30.2 Å². The second kappa shape index (κ2) is 11.6. The number of carbonyl (C=O) groups is 1. The van der Waals surface area contributed by atoms with Crippen molar-refractivity contribution in [2.24, 2.45) is 4.99 Å². The summed E-state index contributed by atoms with van der Waals surface area (Å²) in [5.41, 5.74) is 0. The van der Waals surface area contributed by atoms with Crippen LogP contribution in [0.25, 0.3) is 0 Å². The first-order valence-corrected chi connectivity index (χ1v) is 9.91. The first-order valence-electron chi connectivity index (χ1n) is 9.53. The van der Waals surface area contributed by atoms with Gasteiger partial charge in [0.25, 0.3) is 0 Å². The van der Waals surface area contributed by atoms with Crippen molar-refractivity contribution in [2.75, 3.05) is 38.7 Å². The molecule has 1 atom stereocenters. The van der Waals surface area contributed by atoms with Gasteiger partial charge in [-0.25, -0.2) is 4.98 Å². The third kappa shape index (κ3) is 7.25. The molecule has 0 bridgehead atoms. The normalized spacial score (nSPS) is 17.1. The minimum Gasteiger partial charge on any atom is -0.469 e. The first kappa shape index (κ1) is 21.3. The van der Waals surface area contributed by atoms with Crippen LogP contribution in [-0.4, -0.2) is 56.7 Å². The standard InChI is InChI=1S/C19H30ClN5O2/c1-21-19(23-11-6-4-3-5-9-17(26)27-2)24-15-10-13-25(14-15)18-16(20)8-7-12-22-18/h7-8,12,15H,3-6,9-11,13-14H2,1-2H3,(H2,21,23,24). The molecule has 1 aromatic rings. The van der Waals surface area contributed by atoms with Crippen molar-refractivity contribution in [1.29, 1.82) is 0 Å². The Morgan fingerprint density at radius 1 is 1.41 bits per heavy atom. The van der Waals surface area contributed by atoms with E-state index in [0.29, 0.717) is 17.5 Å². The van der Waals surface area contributed by atoms with Crippen LogP contribution in [0.5, 0.6) is 0 Å². The molecule has 1 aliphatic heterocycles. The van der Waals surface area contributed by atoms with Crippen molar-refractivity contribution in [3.63, 3.8) is 0 Å². The van der Waals surface area contributed by atoms with E-state index in [4.69, 9.17) is 11.6 Å². The van der Waals surface area contributed by atoms with E-state index >= 15 is 0 Å². The van der Waals surface area contributed by atoms with Gasteiger partial charge in [-0.15, -0.1) is 0 Å². The van der Waals surface area contributed by atoms with Gasteiger partial charge in [0, 0.05) is 45.3 Å². The topological polar surface area (TPSA) is 78.8 Å². The summed E-state index contributed by atoms with van der Waals surface area (Å²) in [6, 6.07) is 4.03. The maximum atomic E-state index is 11.1. The number of carbonyl (C=O) groups excluding carboxylic acids is 1. The third-order valence-corrected chi connectivity index (χ3v) is 4.91. The lowest BCUT2D eigenvalue weighted by Gasteiger charge is -2.20. The van der Waals surface area contributed by atoms with Gasteiger partial charge in [-0.05, 0) is 31.4 Å². The van der Waals surface area contributed by atoms with Crippen LogP contribution in [0.4, 0.5) is 5.82 Å². The molecular weight excluding hydrogens is 366 g/mol. The number of hydrogen-bond acceptors (Lipinski definition) is 5. The Labute approximate surface area is 166 Å². The van der Waals surface area contributed by atoms with Gasteiger partial charge in [0.15, 0.2) is 5.96 Å². The number of nitrogens with one attached hydrogen (secondary N) is 2. The molecule has 7 nitrogen and oxygen atoms in total. The van der Waals surface area contributed by atoms with Crippen LogP contribution < -0.4 is 15.5 Å². The number of rotatable bonds is 9. The smallest absolute Gasteiger partial charge is 0.305 e. The second-order valence-corrected chi connectivity index (χ2v) is 7.03. The molecule has 27 heavy (non-hydrogen) atoms. The van der Waals surface area contributed by atoms with E-state index in [0.717, 1.165) is 63.5 Å². The highest BCUT2D eigenvalue weighted by molar-refractivity contribution is 6.32. The zero-order chi connectivity index (χ0) is 19.5. The van der Waals surface area contributed by atoms with Crippen molar-refractivity contribution in [3.8, 4) is 0 Å². The minimum atomic E-state index is -0.129. The van der Waals surface area contributed by atoms with E-state index in [-0.39, 0.29) is 5.97 Å². The Balaban J connectivity index is 1.63. The quantitative estimate of drug-likeness (QED) is 0.289. The summed E-state index contributed by atoms with van der Waals surface area (Å²) in [6.45, 7) is 2.64. The second-order valence-electron chi connectivity index (χ2n) is 6.62. The fourth-order valence-corrected chi connectivity index (χ4v) is 3.37. The number of aliphatic imine (C=N–C) groups is 1. The Morgan fingerprint density at radius 2 is 2.22 bits per heavy atom. The molecule has 0 spiro atoms. The monoisotopic (exact) mass is 395 g/mol. The Bertz CT molecular complexity index is 626. The summed E-state index contributed by atoms with van der Waals surface area (Å²) in [4.78, 5) is 22.0. The molecule has 0 amide bonds. The lowest BCUT2D eigenvalue weighted by Crippen LogP contribution is -2.44. The van der Waals surface area contributed by atoms with E-state index in [1.54, 1.807) is 13.2 Å². The van der Waals surface area contributed by atoms with Crippen LogP contribution in [0, 0.1) is 0 Å². The highest BCUT2D eigenvalue weighted by Crippen LogP contribution is 2.25. The molecular formula is C19H30ClN5O2. The molecule has 2 heterocycles. The molecule has 8 heteroatoms. The fourth-order valence-electron chi connectivity index (χ4n) is 3.13. The van der Waals surface area contributed by atoms with Crippen LogP contribution in [0.3, 0.4) is 0 Å². The van der Waals surface area contributed by atoms with Crippen molar-refractivity contribution in [3.05, 3.63) is 23.4 Å². The number of guanidine groups is 1. The third-order valence-electron chi connectivity index (χ3n) is 4.62. The van der Waals surface area contributed by atoms with Gasteiger partial charge < -0.3 is 20.3 Å². The molecule has 0 aliphatic carbocycles. The molecule has 1 aliphatic rings. The molecule has 2 rings (SSSR count). The summed E-state index contributed by atoms with van der Waals surface area (Å²) in [5, 5.41) is 7.52. The Morgan fingerprint density at radius 3 is 2.96 bits per heavy atom. The first-order chi connectivity index (χ1) is 13.1. The summed E-state index contributed by atoms with van der Waals surface area (Å²) >= 11 is 6.24. The van der Waals surface area contributed by atoms with Gasteiger partial charge in [-0.2, -0.15) is 0 Å². The maximum Gasteiger partial charge on any atom is 0.305 e. The molecule has 1 fully saturated rings. The zero-order valence-electron chi connectivity index (χ0n) is 16.2. The Hall–Kier alpha value is -2.02. The number of ether oxygens (including phenoxy) is 1. The molecule has 1 aromatic heterocycles. The molecule has 1 unspecified atom stereocenters. The van der Waals surface area contributed by atoms with E-state index in [1.165, 1.54) is 7.11 Å². The van der Waals surface area contributed by atoms with Gasteiger partial charge in [0.1, 0.15) is 5.82 Å². The number of unbranched alkanes of at least 4 members (excludes halogenated alkanes) is 3. The molecule has 0 radical (unpaired) electrons. The van der Waals surface area contributed by atoms with Gasteiger partial charge in [-0.1, -0.05) is 24.4 Å². The molecule has 150 valence electrons. The minimum absolute atomic E-state index is 0.129. The van der Waals surface area contributed by atoms with Gasteiger partial charge in [0.05, 0.1) is 12.1 Å². The molecule has 0 aromatic carbocycles. The van der Waals surface area contributed by atoms with Crippen LogP contribution in [0.1, 0.15) is 38.5 Å². The predicted molar refractivity (Wildman–Crippen MR) is 109 cm³/mol. The number of pyridine rings is 1. The van der Waals surface area contributed by atoms with Crippen LogP contribution >= 0.6 is 11.6 Å². The molecule has 0 saturated carbocycles. The predicted octanol–water partition coefficient (Wildman–Crippen LogP) is 2.60. The number of aromatic nitrogens is 1. The van der Waals surface area contributed by atoms with Crippen molar-refractivity contribution in [1.82, 2.24) is 15.6 Å². The summed E-state index contributed by atoms with van der Waals surface area (Å²) < 4.78 is 4.64. The number of halogens is 1. The highest BCUT2D eigenvalue weighted by Gasteiger charge is 2.25. The van der Waals surface area contributed by atoms with Crippen molar-refractivity contribution in [2.45, 2.75) is 44.6 Å². The Kier molecular flexibility index (Phi) is 9.18. The van der Waals surface area contributed by atoms with Crippen LogP contribution in [-0.2, 0) is 9.53 Å². The maximum absolute atomic E-state index is 11.1. The lowest BCUT2D eigenvalue weighted by atomic mass is 10.1. The van der Waals surface area contributed by atoms with Crippen LogP contribution in [0.15, 0.2) is 23.3 Å². The summed E-state index contributed by atoms with van der Waals surface area (Å²) in [5.74, 6) is 1.54. The number of methoxy groups -OCH3 is 1. The fraction of sp³-hybridized carbons (Fsp3) is 0.632. The van der Waals surface area contributed by atoms with Gasteiger partial charge in [0.2, 0.25) is 0 Å². The van der Waals surface area contributed by atoms with Crippen molar-refractivity contribution < 1.29 is 9.53 Å². The summed E-state index contributed by atoms with van der Waals surface area (Å²) in [7, 11) is 3.22. The largest absolute Gasteiger partial charge is 0.469 e. The number of esters is 1. The zero-order valence-corrected chi connectivity index (χ0v) is 17.0. The molecule has 1 saturated heterocycles. The number of nitrogens with zero attached hydrogens (tertiary/aromatic N) is 3. The summed E-state index contributed by atoms with van der Waals surface area (Å²) in [6.07, 6.45) is 7.33. The number of hydrogen-bond donors (Lipinski definition) is 2. The average Bonchev–Trinajstić information content (AvgIpc) is 3.14. The van der Waals surface area contributed by atoms with Gasteiger partial charge >= 0.3 is 5.97 Å². The lowest BCUT2D eigenvalue weighted by molar-refractivity contribution is -0.140. The molecule has 2 N–H and O–H groups in total. The SMILES string of the molecule is CN=C(NCCCCCCC(=O)OC)NC1CCN(c2ncccc2Cl)C1. The number of anilines is 1. The van der Waals surface area contributed by atoms with Crippen LogP contribution in [0.2, 0.25) is 5.02 Å². The average molecular weight is 396 g/mol. The van der Waals surface area contributed by atoms with Crippen molar-refractivity contribution >= 4 is 29.3 Å². The highest BCUT2D eigenvalue weighted by atomic mass is 35.5.